The van der Waals surface area contributed by atoms with Gasteiger partial charge in [0.2, 0.25) is 0 Å². The lowest BCUT2D eigenvalue weighted by molar-refractivity contribution is -0.385. The van der Waals surface area contributed by atoms with Crippen LogP contribution in [0.2, 0.25) is 0 Å². The zero-order valence-electron chi connectivity index (χ0n) is 10.2. The second-order valence-electron chi connectivity index (χ2n) is 4.07. The Morgan fingerprint density at radius 3 is 2.53 bits per heavy atom. The molecule has 0 aliphatic rings. The predicted octanol–water partition coefficient (Wildman–Crippen LogP) is 4.50. The van der Waals surface area contributed by atoms with Gasteiger partial charge >= 0.3 is 0 Å². The van der Waals surface area contributed by atoms with Crippen molar-refractivity contribution in [1.82, 2.24) is 0 Å². The van der Waals surface area contributed by atoms with Gasteiger partial charge in [-0.1, -0.05) is 28.1 Å². The van der Waals surface area contributed by atoms with Gasteiger partial charge in [0.05, 0.1) is 4.92 Å². The summed E-state index contributed by atoms with van der Waals surface area (Å²) in [5.74, 6) is 0.724. The maximum atomic E-state index is 10.7. The van der Waals surface area contributed by atoms with Gasteiger partial charge in [-0.25, -0.2) is 0 Å². The second-order valence-corrected chi connectivity index (χ2v) is 4.98. The van der Waals surface area contributed by atoms with E-state index in [1.165, 1.54) is 12.1 Å². The van der Waals surface area contributed by atoms with Crippen LogP contribution in [-0.4, -0.2) is 4.92 Å². The molecule has 0 aromatic heterocycles. The van der Waals surface area contributed by atoms with Gasteiger partial charge in [-0.3, -0.25) is 10.1 Å². The average Bonchev–Trinajstić information content (AvgIpc) is 2.41. The highest BCUT2D eigenvalue weighted by Gasteiger charge is 2.12. The first-order valence-corrected chi connectivity index (χ1v) is 6.52. The molecule has 98 valence electrons. The number of hydrogen-bond acceptors (Lipinski definition) is 3. The lowest BCUT2D eigenvalue weighted by Gasteiger charge is -2.14. The molecule has 0 bridgehead atoms. The molecule has 19 heavy (non-hydrogen) atoms. The average molecular weight is 322 g/mol. The molecule has 0 fully saturated rings. The van der Waals surface area contributed by atoms with Crippen LogP contribution in [0.3, 0.4) is 0 Å². The molecule has 0 aliphatic heterocycles. The van der Waals surface area contributed by atoms with Gasteiger partial charge in [-0.2, -0.15) is 0 Å². The van der Waals surface area contributed by atoms with Crippen LogP contribution >= 0.6 is 15.9 Å². The normalized spacial score (nSPS) is 11.9. The summed E-state index contributed by atoms with van der Waals surface area (Å²) in [6, 6.07) is 13.9. The first kappa shape index (κ1) is 13.5. The maximum absolute atomic E-state index is 10.7. The molecule has 1 atom stereocenters. The molecule has 0 amide bonds. The standard InChI is InChI=1S/C14H12BrNO3/c1-10(19-14-7-5-12(15)6-8-14)11-3-2-4-13(9-11)16(17)18/h2-10H,1H3/t10-/m0/s1. The molecule has 0 saturated heterocycles. The number of halogens is 1. The van der Waals surface area contributed by atoms with E-state index in [9.17, 15) is 10.1 Å². The fourth-order valence-corrected chi connectivity index (χ4v) is 1.94. The van der Waals surface area contributed by atoms with E-state index in [0.29, 0.717) is 0 Å². The summed E-state index contributed by atoms with van der Waals surface area (Å²) in [4.78, 5) is 10.3. The van der Waals surface area contributed by atoms with Crippen LogP contribution in [0.25, 0.3) is 0 Å². The Morgan fingerprint density at radius 1 is 1.21 bits per heavy atom. The molecule has 5 heteroatoms. The third-order valence-corrected chi connectivity index (χ3v) is 3.21. The van der Waals surface area contributed by atoms with E-state index < -0.39 is 4.92 Å². The third-order valence-electron chi connectivity index (χ3n) is 2.68. The molecule has 2 aromatic rings. The van der Waals surface area contributed by atoms with Gasteiger partial charge < -0.3 is 4.74 Å². The number of benzene rings is 2. The third kappa shape index (κ3) is 3.54. The maximum Gasteiger partial charge on any atom is 0.269 e. The highest BCUT2D eigenvalue weighted by Crippen LogP contribution is 2.25. The summed E-state index contributed by atoms with van der Waals surface area (Å²) >= 11 is 3.35. The number of nitrogens with zero attached hydrogens (tertiary/aromatic N) is 1. The number of nitro benzene ring substituents is 1. The lowest BCUT2D eigenvalue weighted by Crippen LogP contribution is -2.03. The Hall–Kier alpha value is -1.88. The van der Waals surface area contributed by atoms with Crippen molar-refractivity contribution in [2.45, 2.75) is 13.0 Å². The van der Waals surface area contributed by atoms with Gasteiger partial charge in [0, 0.05) is 16.6 Å². The summed E-state index contributed by atoms with van der Waals surface area (Å²) in [6.07, 6.45) is -0.249. The van der Waals surface area contributed by atoms with Crippen molar-refractivity contribution < 1.29 is 9.66 Å². The predicted molar refractivity (Wildman–Crippen MR) is 76.3 cm³/mol. The number of rotatable bonds is 4. The van der Waals surface area contributed by atoms with Gasteiger partial charge in [0.25, 0.3) is 5.69 Å². The topological polar surface area (TPSA) is 52.4 Å². The van der Waals surface area contributed by atoms with E-state index in [1.807, 2.05) is 37.3 Å². The Morgan fingerprint density at radius 2 is 1.89 bits per heavy atom. The number of hydrogen-bond donors (Lipinski definition) is 0. The summed E-state index contributed by atoms with van der Waals surface area (Å²) < 4.78 is 6.72. The van der Waals surface area contributed by atoms with Crippen LogP contribution in [-0.2, 0) is 0 Å². The van der Waals surface area contributed by atoms with Crippen molar-refractivity contribution in [3.63, 3.8) is 0 Å². The van der Waals surface area contributed by atoms with E-state index in [0.717, 1.165) is 15.8 Å². The first-order valence-electron chi connectivity index (χ1n) is 5.73. The summed E-state index contributed by atoms with van der Waals surface area (Å²) in [6.45, 7) is 1.86. The molecule has 4 nitrogen and oxygen atoms in total. The minimum Gasteiger partial charge on any atom is -0.486 e. The van der Waals surface area contributed by atoms with E-state index in [2.05, 4.69) is 15.9 Å². The molecule has 2 aromatic carbocycles. The summed E-state index contributed by atoms with van der Waals surface area (Å²) in [5.41, 5.74) is 0.848. The van der Waals surface area contributed by atoms with Gasteiger partial charge in [0.15, 0.2) is 0 Å². The molecule has 0 radical (unpaired) electrons. The number of ether oxygens (including phenoxy) is 1. The van der Waals surface area contributed by atoms with Crippen molar-refractivity contribution in [2.24, 2.45) is 0 Å². The molecule has 0 aliphatic carbocycles. The van der Waals surface area contributed by atoms with Crippen molar-refractivity contribution in [2.75, 3.05) is 0 Å². The zero-order valence-corrected chi connectivity index (χ0v) is 11.8. The molecule has 2 rings (SSSR count). The molecule has 0 N–H and O–H groups in total. The van der Waals surface area contributed by atoms with Crippen LogP contribution in [0.15, 0.2) is 53.0 Å². The van der Waals surface area contributed by atoms with E-state index >= 15 is 0 Å². The Bertz CT molecular complexity index is 583. The van der Waals surface area contributed by atoms with Gasteiger partial charge in [0.1, 0.15) is 11.9 Å². The molecule has 0 saturated carbocycles. The summed E-state index contributed by atoms with van der Waals surface area (Å²) in [5, 5.41) is 10.7. The molecular formula is C14H12BrNO3. The zero-order chi connectivity index (χ0) is 13.8. The summed E-state index contributed by atoms with van der Waals surface area (Å²) in [7, 11) is 0. The lowest BCUT2D eigenvalue weighted by atomic mass is 10.1. The number of non-ortho nitro benzene ring substituents is 1. The molecule has 0 heterocycles. The molecular weight excluding hydrogens is 310 g/mol. The van der Waals surface area contributed by atoms with Gasteiger partial charge in [-0.15, -0.1) is 0 Å². The fourth-order valence-electron chi connectivity index (χ4n) is 1.68. The first-order chi connectivity index (χ1) is 9.06. The monoisotopic (exact) mass is 321 g/mol. The van der Waals surface area contributed by atoms with Crippen molar-refractivity contribution in [3.8, 4) is 5.75 Å². The van der Waals surface area contributed by atoms with E-state index in [1.54, 1.807) is 6.07 Å². The van der Waals surface area contributed by atoms with Crippen LogP contribution in [0.4, 0.5) is 5.69 Å². The Kier molecular flexibility index (Phi) is 4.16. The van der Waals surface area contributed by atoms with Crippen molar-refractivity contribution in [3.05, 3.63) is 68.7 Å². The van der Waals surface area contributed by atoms with E-state index in [-0.39, 0.29) is 11.8 Å². The van der Waals surface area contributed by atoms with Crippen LogP contribution in [0.1, 0.15) is 18.6 Å². The van der Waals surface area contributed by atoms with Crippen molar-refractivity contribution >= 4 is 21.6 Å². The van der Waals surface area contributed by atoms with Crippen LogP contribution < -0.4 is 4.74 Å². The largest absolute Gasteiger partial charge is 0.486 e. The SMILES string of the molecule is C[C@H](Oc1ccc(Br)cc1)c1cccc([N+](=O)[O-])c1. The van der Waals surface area contributed by atoms with Gasteiger partial charge in [-0.05, 0) is 36.8 Å². The van der Waals surface area contributed by atoms with E-state index in [4.69, 9.17) is 4.74 Å². The Labute approximate surface area is 119 Å². The fraction of sp³-hybridized carbons (Fsp3) is 0.143. The second kappa shape index (κ2) is 5.84. The molecule has 0 spiro atoms. The molecule has 0 unspecified atom stereocenters. The quantitative estimate of drug-likeness (QED) is 0.615. The Balaban J connectivity index is 2.15. The highest BCUT2D eigenvalue weighted by molar-refractivity contribution is 9.10. The minimum atomic E-state index is -0.407. The number of nitro groups is 1. The smallest absolute Gasteiger partial charge is 0.269 e. The van der Waals surface area contributed by atoms with Crippen LogP contribution in [0, 0.1) is 10.1 Å². The van der Waals surface area contributed by atoms with Crippen LogP contribution in [0.5, 0.6) is 5.75 Å². The minimum absolute atomic E-state index is 0.0729. The highest BCUT2D eigenvalue weighted by atomic mass is 79.9. The van der Waals surface area contributed by atoms with Crippen molar-refractivity contribution in [1.29, 1.82) is 0 Å².